The summed E-state index contributed by atoms with van der Waals surface area (Å²) < 4.78 is 26.6. The molecule has 25 heavy (non-hydrogen) atoms. The zero-order chi connectivity index (χ0) is 17.8. The maximum atomic E-state index is 12.8. The molecule has 1 aliphatic heterocycles. The molecule has 0 atom stereocenters. The van der Waals surface area contributed by atoms with Crippen LogP contribution in [0.5, 0.6) is 0 Å². The summed E-state index contributed by atoms with van der Waals surface area (Å²) >= 11 is 9.85. The lowest BCUT2D eigenvalue weighted by Crippen LogP contribution is -2.21. The summed E-state index contributed by atoms with van der Waals surface area (Å²) in [6.45, 7) is 1.58. The molecule has 2 aromatic carbocycles. The maximum Gasteiger partial charge on any atom is 0.242 e. The molecule has 0 aliphatic carbocycles. The molecule has 132 valence electrons. The summed E-state index contributed by atoms with van der Waals surface area (Å²) in [6.07, 6.45) is -1.27. The highest BCUT2D eigenvalue weighted by Gasteiger charge is 2.16. The third-order valence-corrected chi connectivity index (χ3v) is 5.08. The van der Waals surface area contributed by atoms with Crippen molar-refractivity contribution in [3.63, 3.8) is 0 Å². The Bertz CT molecular complexity index is 793. The summed E-state index contributed by atoms with van der Waals surface area (Å²) in [7, 11) is 0. The van der Waals surface area contributed by atoms with Crippen LogP contribution in [0.25, 0.3) is 0 Å². The fraction of sp³-hybridized carbons (Fsp3) is 0.316. The number of hydrogen-bond acceptors (Lipinski definition) is 2. The van der Waals surface area contributed by atoms with E-state index in [9.17, 15) is 8.78 Å². The van der Waals surface area contributed by atoms with Gasteiger partial charge in [-0.3, -0.25) is 4.99 Å². The molecular formula is C19H18BrClF2N2. The van der Waals surface area contributed by atoms with Crippen LogP contribution in [0.3, 0.4) is 0 Å². The van der Waals surface area contributed by atoms with E-state index < -0.39 is 6.43 Å². The van der Waals surface area contributed by atoms with E-state index in [1.54, 1.807) is 12.1 Å². The highest BCUT2D eigenvalue weighted by molar-refractivity contribution is 9.10. The van der Waals surface area contributed by atoms with E-state index in [-0.39, 0.29) is 6.42 Å². The zero-order valence-electron chi connectivity index (χ0n) is 13.5. The molecule has 3 rings (SSSR count). The predicted molar refractivity (Wildman–Crippen MR) is 102 cm³/mol. The van der Waals surface area contributed by atoms with Gasteiger partial charge in [-0.25, -0.2) is 8.78 Å². The van der Waals surface area contributed by atoms with Crippen LogP contribution in [0.1, 0.15) is 22.3 Å². The third kappa shape index (κ3) is 4.59. The van der Waals surface area contributed by atoms with Crippen molar-refractivity contribution in [2.75, 3.05) is 13.1 Å². The second-order valence-corrected chi connectivity index (χ2v) is 7.25. The van der Waals surface area contributed by atoms with Gasteiger partial charge in [-0.15, -0.1) is 0 Å². The zero-order valence-corrected chi connectivity index (χ0v) is 15.9. The Labute approximate surface area is 159 Å². The van der Waals surface area contributed by atoms with E-state index in [4.69, 9.17) is 11.6 Å². The molecule has 0 spiro atoms. The van der Waals surface area contributed by atoms with Crippen molar-refractivity contribution in [2.45, 2.75) is 25.7 Å². The molecule has 1 aliphatic rings. The molecule has 0 saturated heterocycles. The number of rotatable bonds is 6. The van der Waals surface area contributed by atoms with Crippen molar-refractivity contribution in [1.29, 1.82) is 0 Å². The van der Waals surface area contributed by atoms with Crippen molar-refractivity contribution in [3.05, 3.63) is 68.1 Å². The Morgan fingerprint density at radius 1 is 1.16 bits per heavy atom. The minimum Gasteiger partial charge on any atom is -0.368 e. The number of aliphatic imine (C=N–C) groups is 1. The topological polar surface area (TPSA) is 24.4 Å². The number of halogens is 4. The fourth-order valence-electron chi connectivity index (χ4n) is 3.07. The molecule has 1 N–H and O–H groups in total. The second kappa shape index (κ2) is 8.28. The molecule has 0 radical (unpaired) electrons. The second-order valence-electron chi connectivity index (χ2n) is 5.93. The SMILES string of the molecule is FC(F)Cc1ccc(Br)cc1CCc1c(Cl)cccc1C1=NCCN1. The quantitative estimate of drug-likeness (QED) is 0.686. The highest BCUT2D eigenvalue weighted by atomic mass is 79.9. The molecule has 0 fully saturated rings. The number of nitrogens with one attached hydrogen (secondary N) is 1. The minimum absolute atomic E-state index is 0.230. The first-order chi connectivity index (χ1) is 12.0. The largest absolute Gasteiger partial charge is 0.368 e. The van der Waals surface area contributed by atoms with Gasteiger partial charge in [0.05, 0.1) is 6.54 Å². The van der Waals surface area contributed by atoms with Gasteiger partial charge in [0.25, 0.3) is 0 Å². The van der Waals surface area contributed by atoms with E-state index in [0.29, 0.717) is 23.4 Å². The van der Waals surface area contributed by atoms with Crippen LogP contribution in [0, 0.1) is 0 Å². The van der Waals surface area contributed by atoms with E-state index in [1.165, 1.54) is 0 Å². The highest BCUT2D eigenvalue weighted by Crippen LogP contribution is 2.26. The molecule has 0 unspecified atom stereocenters. The van der Waals surface area contributed by atoms with Crippen molar-refractivity contribution < 1.29 is 8.78 Å². The summed E-state index contributed by atoms with van der Waals surface area (Å²) in [5.41, 5.74) is 3.60. The van der Waals surface area contributed by atoms with Crippen LogP contribution in [0.4, 0.5) is 8.78 Å². The van der Waals surface area contributed by atoms with Gasteiger partial charge in [-0.05, 0) is 47.7 Å². The number of hydrogen-bond donors (Lipinski definition) is 1. The monoisotopic (exact) mass is 426 g/mol. The van der Waals surface area contributed by atoms with Gasteiger partial charge < -0.3 is 5.32 Å². The van der Waals surface area contributed by atoms with Crippen molar-refractivity contribution in [3.8, 4) is 0 Å². The molecule has 2 aromatic rings. The van der Waals surface area contributed by atoms with Crippen LogP contribution in [-0.4, -0.2) is 25.4 Å². The molecule has 1 heterocycles. The Morgan fingerprint density at radius 2 is 2.00 bits per heavy atom. The Balaban J connectivity index is 1.86. The fourth-order valence-corrected chi connectivity index (χ4v) is 3.74. The van der Waals surface area contributed by atoms with Gasteiger partial charge in [0.2, 0.25) is 6.43 Å². The van der Waals surface area contributed by atoms with Gasteiger partial charge in [0, 0.05) is 28.0 Å². The molecule has 6 heteroatoms. The summed E-state index contributed by atoms with van der Waals surface area (Å²) in [6, 6.07) is 11.3. The van der Waals surface area contributed by atoms with Crippen molar-refractivity contribution in [2.24, 2.45) is 4.99 Å². The average molecular weight is 428 g/mol. The smallest absolute Gasteiger partial charge is 0.242 e. The molecule has 0 bridgehead atoms. The lowest BCUT2D eigenvalue weighted by atomic mass is 9.95. The minimum atomic E-state index is -2.35. The molecule has 0 aromatic heterocycles. The van der Waals surface area contributed by atoms with Gasteiger partial charge in [0.15, 0.2) is 0 Å². The van der Waals surface area contributed by atoms with E-state index in [2.05, 4.69) is 26.2 Å². The van der Waals surface area contributed by atoms with E-state index >= 15 is 0 Å². The van der Waals surface area contributed by atoms with Crippen molar-refractivity contribution in [1.82, 2.24) is 5.32 Å². The normalized spacial score (nSPS) is 13.9. The first kappa shape index (κ1) is 18.3. The number of aryl methyl sites for hydroxylation is 1. The summed E-state index contributed by atoms with van der Waals surface area (Å²) in [4.78, 5) is 4.47. The average Bonchev–Trinajstić information content (AvgIpc) is 3.09. The molecule has 0 amide bonds. The van der Waals surface area contributed by atoms with E-state index in [0.717, 1.165) is 40.1 Å². The Kier molecular flexibility index (Phi) is 6.07. The van der Waals surface area contributed by atoms with Crippen LogP contribution in [-0.2, 0) is 19.3 Å². The van der Waals surface area contributed by atoms with Gasteiger partial charge >= 0.3 is 0 Å². The standard InChI is InChI=1S/C19H18BrClF2N2/c20-14-6-4-13(11-18(22)23)12(10-14)5-7-15-16(2-1-3-17(15)21)19-24-8-9-25-19/h1-4,6,10,18H,5,7-9,11H2,(H,24,25). The van der Waals surface area contributed by atoms with Crippen LogP contribution >= 0.6 is 27.5 Å². The molecule has 0 saturated carbocycles. The van der Waals surface area contributed by atoms with Gasteiger partial charge in [0.1, 0.15) is 5.84 Å². The van der Waals surface area contributed by atoms with E-state index in [1.807, 2.05) is 24.3 Å². The number of benzene rings is 2. The Hall–Kier alpha value is -1.46. The summed E-state index contributed by atoms with van der Waals surface area (Å²) in [5.74, 6) is 0.861. The van der Waals surface area contributed by atoms with Crippen LogP contribution in [0.15, 0.2) is 45.9 Å². The first-order valence-corrected chi connectivity index (χ1v) is 9.33. The van der Waals surface area contributed by atoms with Crippen molar-refractivity contribution >= 4 is 33.4 Å². The molecule has 2 nitrogen and oxygen atoms in total. The number of alkyl halides is 2. The lowest BCUT2D eigenvalue weighted by Gasteiger charge is -2.14. The number of amidine groups is 1. The Morgan fingerprint density at radius 3 is 2.72 bits per heavy atom. The van der Waals surface area contributed by atoms with Gasteiger partial charge in [-0.2, -0.15) is 0 Å². The molecular weight excluding hydrogens is 410 g/mol. The number of nitrogens with zero attached hydrogens (tertiary/aromatic N) is 1. The predicted octanol–water partition coefficient (Wildman–Crippen LogP) is 5.05. The summed E-state index contributed by atoms with van der Waals surface area (Å²) in [5, 5.41) is 3.95. The first-order valence-electron chi connectivity index (χ1n) is 8.16. The third-order valence-electron chi connectivity index (χ3n) is 4.24. The van der Waals surface area contributed by atoms with Crippen LogP contribution in [0.2, 0.25) is 5.02 Å². The van der Waals surface area contributed by atoms with Gasteiger partial charge in [-0.1, -0.05) is 45.7 Å². The maximum absolute atomic E-state index is 12.8. The lowest BCUT2D eigenvalue weighted by molar-refractivity contribution is 0.149. The van der Waals surface area contributed by atoms with Crippen LogP contribution < -0.4 is 5.32 Å².